The highest BCUT2D eigenvalue weighted by Crippen LogP contribution is 2.46. The zero-order chi connectivity index (χ0) is 9.42. The molecular formula is C10H15NOS. The number of hydrogen-bond donors (Lipinski definition) is 1. The van der Waals surface area contributed by atoms with Crippen molar-refractivity contribution in [2.45, 2.75) is 19.4 Å². The van der Waals surface area contributed by atoms with Gasteiger partial charge in [0, 0.05) is 11.4 Å². The summed E-state index contributed by atoms with van der Waals surface area (Å²) < 4.78 is 5.61. The molecule has 2 aliphatic rings. The molecule has 2 atom stereocenters. The molecule has 72 valence electrons. The molecule has 0 spiro atoms. The van der Waals surface area contributed by atoms with Crippen molar-refractivity contribution < 1.29 is 4.74 Å². The predicted octanol–water partition coefficient (Wildman–Crippen LogP) is 1.61. The van der Waals surface area contributed by atoms with E-state index in [1.54, 1.807) is 0 Å². The third-order valence-corrected chi connectivity index (χ3v) is 4.50. The topological polar surface area (TPSA) is 35.2 Å². The third kappa shape index (κ3) is 1.41. The first-order valence-corrected chi connectivity index (χ1v) is 5.90. The molecule has 2 N–H and O–H groups in total. The van der Waals surface area contributed by atoms with Crippen LogP contribution < -0.4 is 5.73 Å². The van der Waals surface area contributed by atoms with Crippen molar-refractivity contribution in [1.29, 1.82) is 0 Å². The molecule has 0 saturated carbocycles. The second kappa shape index (κ2) is 3.40. The monoisotopic (exact) mass is 197 g/mol. The van der Waals surface area contributed by atoms with Crippen LogP contribution in [-0.4, -0.2) is 25.1 Å². The Morgan fingerprint density at radius 3 is 3.23 bits per heavy atom. The third-order valence-electron chi connectivity index (χ3n) is 2.55. The lowest BCUT2D eigenvalue weighted by atomic mass is 10.1. The van der Waals surface area contributed by atoms with E-state index in [4.69, 9.17) is 10.5 Å². The summed E-state index contributed by atoms with van der Waals surface area (Å²) in [6.07, 6.45) is 3.41. The van der Waals surface area contributed by atoms with Crippen LogP contribution in [0.25, 0.3) is 0 Å². The maximum atomic E-state index is 5.66. The molecule has 0 saturated heterocycles. The van der Waals surface area contributed by atoms with Gasteiger partial charge in [-0.1, -0.05) is 5.87 Å². The molecule has 2 rings (SSSR count). The minimum Gasteiger partial charge on any atom is -0.371 e. The fraction of sp³-hybridized carbons (Fsp3) is 0.500. The minimum atomic E-state index is 0.0217. The molecule has 0 fully saturated rings. The molecule has 0 radical (unpaired) electrons. The highest BCUT2D eigenvalue weighted by atomic mass is 32.2. The van der Waals surface area contributed by atoms with Crippen molar-refractivity contribution >= 4 is 16.4 Å². The lowest BCUT2D eigenvalue weighted by molar-refractivity contribution is 0.0808. The Balaban J connectivity index is 2.36. The van der Waals surface area contributed by atoms with Crippen LogP contribution in [0, 0.1) is 0 Å². The number of ether oxygens (including phenoxy) is 1. The Morgan fingerprint density at radius 2 is 2.54 bits per heavy atom. The van der Waals surface area contributed by atoms with E-state index in [2.05, 4.69) is 18.9 Å². The highest BCUT2D eigenvalue weighted by Gasteiger charge is 2.27. The smallest absolute Gasteiger partial charge is 0.101 e. The maximum absolute atomic E-state index is 5.66. The molecular weight excluding hydrogens is 182 g/mol. The van der Waals surface area contributed by atoms with Gasteiger partial charge in [0.25, 0.3) is 0 Å². The predicted molar refractivity (Wildman–Crippen MR) is 58.9 cm³/mol. The molecule has 0 aromatic carbocycles. The van der Waals surface area contributed by atoms with Crippen LogP contribution in [0.15, 0.2) is 21.5 Å². The summed E-state index contributed by atoms with van der Waals surface area (Å²) in [4.78, 5) is 2.72. The van der Waals surface area contributed by atoms with Crippen molar-refractivity contribution in [3.63, 3.8) is 0 Å². The largest absolute Gasteiger partial charge is 0.371 e. The van der Waals surface area contributed by atoms with Crippen molar-refractivity contribution in [3.05, 3.63) is 21.5 Å². The Bertz CT molecular complexity index is 317. The molecule has 0 aliphatic carbocycles. The van der Waals surface area contributed by atoms with Crippen molar-refractivity contribution in [3.8, 4) is 0 Å². The molecule has 3 heteroatoms. The Kier molecular flexibility index (Phi) is 2.41. The minimum absolute atomic E-state index is 0.0217. The maximum Gasteiger partial charge on any atom is 0.101 e. The van der Waals surface area contributed by atoms with Crippen molar-refractivity contribution in [2.24, 2.45) is 5.73 Å². The quantitative estimate of drug-likeness (QED) is 0.648. The van der Waals surface area contributed by atoms with Crippen molar-refractivity contribution in [2.75, 3.05) is 13.2 Å². The second-order valence-electron chi connectivity index (χ2n) is 3.38. The van der Waals surface area contributed by atoms with Gasteiger partial charge < -0.3 is 10.5 Å². The van der Waals surface area contributed by atoms with Gasteiger partial charge in [-0.3, -0.25) is 0 Å². The number of nitrogens with two attached hydrogens (primary N) is 1. The lowest BCUT2D eigenvalue weighted by Crippen LogP contribution is -2.28. The summed E-state index contributed by atoms with van der Waals surface area (Å²) in [6.45, 7) is 3.53. The second-order valence-corrected chi connectivity index (χ2v) is 5.25. The van der Waals surface area contributed by atoms with Gasteiger partial charge in [-0.15, -0.1) is 10.5 Å². The fourth-order valence-electron chi connectivity index (χ4n) is 1.84. The van der Waals surface area contributed by atoms with Crippen LogP contribution in [0.3, 0.4) is 0 Å². The van der Waals surface area contributed by atoms with E-state index in [-0.39, 0.29) is 16.6 Å². The van der Waals surface area contributed by atoms with Crippen LogP contribution in [0.5, 0.6) is 0 Å². The first kappa shape index (κ1) is 9.19. The van der Waals surface area contributed by atoms with E-state index < -0.39 is 0 Å². The van der Waals surface area contributed by atoms with Crippen LogP contribution in [0.1, 0.15) is 13.3 Å². The zero-order valence-corrected chi connectivity index (χ0v) is 8.69. The van der Waals surface area contributed by atoms with Crippen LogP contribution in [0.2, 0.25) is 0 Å². The SMILES string of the molecule is C=S1C(C)=CC2=C1C(CN)OCC2. The van der Waals surface area contributed by atoms with Gasteiger partial charge >= 0.3 is 0 Å². The van der Waals surface area contributed by atoms with Gasteiger partial charge in [-0.05, 0) is 29.9 Å². The molecule has 2 heterocycles. The summed E-state index contributed by atoms with van der Waals surface area (Å²) in [7, 11) is 0.0217. The Morgan fingerprint density at radius 1 is 1.77 bits per heavy atom. The van der Waals surface area contributed by atoms with Crippen LogP contribution >= 0.6 is 10.5 Å². The molecule has 13 heavy (non-hydrogen) atoms. The van der Waals surface area contributed by atoms with Gasteiger partial charge in [0.1, 0.15) is 6.10 Å². The molecule has 0 aromatic heterocycles. The molecule has 2 nitrogen and oxygen atoms in total. The summed E-state index contributed by atoms with van der Waals surface area (Å²) in [5.41, 5.74) is 7.09. The summed E-state index contributed by atoms with van der Waals surface area (Å²) in [5, 5.41) is 0. The van der Waals surface area contributed by atoms with Crippen LogP contribution in [0.4, 0.5) is 0 Å². The molecule has 0 bridgehead atoms. The van der Waals surface area contributed by atoms with Gasteiger partial charge in [0.2, 0.25) is 0 Å². The van der Waals surface area contributed by atoms with E-state index in [1.807, 2.05) is 0 Å². The summed E-state index contributed by atoms with van der Waals surface area (Å²) in [6, 6.07) is 0. The Hall–Kier alpha value is -0.380. The number of hydrogen-bond acceptors (Lipinski definition) is 2. The number of rotatable bonds is 1. The fourth-order valence-corrected chi connectivity index (χ4v) is 3.43. The van der Waals surface area contributed by atoms with Gasteiger partial charge in [0.05, 0.1) is 6.61 Å². The number of allylic oxidation sites excluding steroid dienone is 2. The van der Waals surface area contributed by atoms with E-state index in [1.165, 1.54) is 15.4 Å². The molecule has 2 unspecified atom stereocenters. The van der Waals surface area contributed by atoms with Crippen molar-refractivity contribution in [1.82, 2.24) is 0 Å². The summed E-state index contributed by atoms with van der Waals surface area (Å²) in [5.74, 6) is 4.17. The highest BCUT2D eigenvalue weighted by molar-refractivity contribution is 8.21. The lowest BCUT2D eigenvalue weighted by Gasteiger charge is -2.25. The molecule has 2 aliphatic heterocycles. The van der Waals surface area contributed by atoms with E-state index >= 15 is 0 Å². The normalized spacial score (nSPS) is 33.2. The van der Waals surface area contributed by atoms with E-state index in [0.717, 1.165) is 13.0 Å². The van der Waals surface area contributed by atoms with Gasteiger partial charge in [0.15, 0.2) is 0 Å². The average molecular weight is 197 g/mol. The van der Waals surface area contributed by atoms with E-state index in [9.17, 15) is 0 Å². The van der Waals surface area contributed by atoms with Crippen LogP contribution in [-0.2, 0) is 4.74 Å². The molecule has 0 aromatic rings. The van der Waals surface area contributed by atoms with Gasteiger partial charge in [-0.2, -0.15) is 0 Å². The Labute approximate surface area is 81.4 Å². The first-order valence-electron chi connectivity index (χ1n) is 4.51. The average Bonchev–Trinajstić information content (AvgIpc) is 2.43. The van der Waals surface area contributed by atoms with E-state index in [0.29, 0.717) is 6.54 Å². The standard InChI is InChI=1S/C10H15NOS/c1-7-5-8-3-4-12-9(6-11)10(8)13(7)2/h5,9H,2-4,6,11H2,1H3. The summed E-state index contributed by atoms with van der Waals surface area (Å²) >= 11 is 0. The van der Waals surface area contributed by atoms with Gasteiger partial charge in [-0.25, -0.2) is 0 Å². The zero-order valence-electron chi connectivity index (χ0n) is 7.88. The first-order chi connectivity index (χ1) is 6.24. The molecule has 0 amide bonds.